The first-order valence-corrected chi connectivity index (χ1v) is 7.03. The molecular weight excluding hydrogens is 244 g/mol. The van der Waals surface area contributed by atoms with E-state index in [4.69, 9.17) is 14.2 Å². The van der Waals surface area contributed by atoms with Crippen LogP contribution in [-0.4, -0.2) is 30.6 Å². The van der Waals surface area contributed by atoms with Crippen molar-refractivity contribution in [1.29, 1.82) is 0 Å². The third-order valence-corrected chi connectivity index (χ3v) is 2.65. The van der Waals surface area contributed by atoms with Crippen molar-refractivity contribution in [2.45, 2.75) is 71.4 Å². The van der Waals surface area contributed by atoms with Crippen LogP contribution >= 0.6 is 0 Å². The summed E-state index contributed by atoms with van der Waals surface area (Å²) in [6, 6.07) is 0. The average Bonchev–Trinajstić information content (AvgIpc) is 2.27. The van der Waals surface area contributed by atoms with Gasteiger partial charge < -0.3 is 14.2 Å². The molecule has 1 rings (SSSR count). The van der Waals surface area contributed by atoms with Gasteiger partial charge in [-0.1, -0.05) is 6.08 Å². The van der Waals surface area contributed by atoms with Gasteiger partial charge in [0, 0.05) is 12.7 Å². The van der Waals surface area contributed by atoms with Crippen LogP contribution in [0.15, 0.2) is 12.2 Å². The number of carbonyl (C=O) groups is 1. The Balaban J connectivity index is 2.21. The van der Waals surface area contributed by atoms with Crippen molar-refractivity contribution in [2.75, 3.05) is 6.61 Å². The zero-order valence-electron chi connectivity index (χ0n) is 12.5. The van der Waals surface area contributed by atoms with Gasteiger partial charge >= 0.3 is 5.97 Å². The average molecular weight is 270 g/mol. The molecule has 0 bridgehead atoms. The van der Waals surface area contributed by atoms with Gasteiger partial charge in [-0.05, 0) is 53.4 Å². The fourth-order valence-electron chi connectivity index (χ4n) is 1.82. The lowest BCUT2D eigenvalue weighted by atomic mass is 10.2. The fraction of sp³-hybridized carbons (Fsp3) is 0.800. The molecule has 1 fully saturated rings. The Bertz CT molecular complexity index is 298. The normalized spacial score (nSPS) is 22.4. The van der Waals surface area contributed by atoms with Gasteiger partial charge in [-0.2, -0.15) is 0 Å². The molecule has 1 aliphatic rings. The van der Waals surface area contributed by atoms with Crippen LogP contribution in [0.2, 0.25) is 0 Å². The highest BCUT2D eigenvalue weighted by molar-refractivity contribution is 5.82. The Hall–Kier alpha value is -0.870. The summed E-state index contributed by atoms with van der Waals surface area (Å²) < 4.78 is 16.4. The molecule has 0 amide bonds. The Labute approximate surface area is 116 Å². The van der Waals surface area contributed by atoms with E-state index in [0.29, 0.717) is 6.42 Å². The van der Waals surface area contributed by atoms with Crippen molar-refractivity contribution in [3.8, 4) is 0 Å². The van der Waals surface area contributed by atoms with E-state index in [1.165, 1.54) is 6.08 Å². The minimum absolute atomic E-state index is 0.0433. The second-order valence-corrected chi connectivity index (χ2v) is 5.91. The molecule has 0 aromatic rings. The van der Waals surface area contributed by atoms with E-state index in [0.717, 1.165) is 25.9 Å². The summed E-state index contributed by atoms with van der Waals surface area (Å²) in [4.78, 5) is 11.5. The molecular formula is C15H26O4. The highest BCUT2D eigenvalue weighted by Crippen LogP contribution is 2.16. The van der Waals surface area contributed by atoms with Gasteiger partial charge in [-0.25, -0.2) is 4.79 Å². The van der Waals surface area contributed by atoms with Crippen molar-refractivity contribution in [3.05, 3.63) is 12.2 Å². The second-order valence-electron chi connectivity index (χ2n) is 5.91. The number of rotatable bonds is 5. The lowest BCUT2D eigenvalue weighted by molar-refractivity contribution is -0.183. The zero-order valence-corrected chi connectivity index (χ0v) is 12.5. The third-order valence-electron chi connectivity index (χ3n) is 2.65. The van der Waals surface area contributed by atoms with Gasteiger partial charge in [0.25, 0.3) is 0 Å². The standard InChI is InChI=1S/C15H26O4/c1-12(18-14-10-5-6-11-17-14)8-7-9-13(16)19-15(2,3)4/h7,9,12,14H,5-6,8,10-11H2,1-4H3/b9-7+/t12-,14?/m0/s1. The van der Waals surface area contributed by atoms with Crippen LogP contribution in [0.5, 0.6) is 0 Å². The number of esters is 1. The number of carbonyl (C=O) groups excluding carboxylic acids is 1. The molecule has 1 unspecified atom stereocenters. The van der Waals surface area contributed by atoms with E-state index in [1.54, 1.807) is 6.08 Å². The molecule has 4 heteroatoms. The van der Waals surface area contributed by atoms with Gasteiger partial charge in [-0.3, -0.25) is 0 Å². The number of hydrogen-bond donors (Lipinski definition) is 0. The molecule has 1 heterocycles. The Kier molecular flexibility index (Phi) is 6.52. The molecule has 2 atom stereocenters. The predicted octanol–water partition coefficient (Wildman–Crippen LogP) is 3.21. The van der Waals surface area contributed by atoms with Crippen molar-refractivity contribution in [1.82, 2.24) is 0 Å². The molecule has 0 aliphatic carbocycles. The SMILES string of the molecule is C[C@@H](C/C=C/C(=O)OC(C)(C)C)OC1CCCCO1. The molecule has 0 aromatic heterocycles. The highest BCUT2D eigenvalue weighted by Gasteiger charge is 2.17. The summed E-state index contributed by atoms with van der Waals surface area (Å²) >= 11 is 0. The maximum absolute atomic E-state index is 11.5. The van der Waals surface area contributed by atoms with E-state index in [-0.39, 0.29) is 18.4 Å². The van der Waals surface area contributed by atoms with E-state index in [9.17, 15) is 4.79 Å². The smallest absolute Gasteiger partial charge is 0.330 e. The minimum Gasteiger partial charge on any atom is -0.457 e. The lowest BCUT2D eigenvalue weighted by Crippen LogP contribution is -2.26. The topological polar surface area (TPSA) is 44.8 Å². The molecule has 0 spiro atoms. The summed E-state index contributed by atoms with van der Waals surface area (Å²) in [6.07, 6.45) is 7.13. The van der Waals surface area contributed by atoms with Crippen LogP contribution < -0.4 is 0 Å². The van der Waals surface area contributed by atoms with E-state index in [2.05, 4.69) is 0 Å². The van der Waals surface area contributed by atoms with Crippen LogP contribution in [0, 0.1) is 0 Å². The summed E-state index contributed by atoms with van der Waals surface area (Å²) in [5.41, 5.74) is -0.445. The van der Waals surface area contributed by atoms with Crippen LogP contribution in [0.3, 0.4) is 0 Å². The van der Waals surface area contributed by atoms with Crippen molar-refractivity contribution >= 4 is 5.97 Å². The summed E-state index contributed by atoms with van der Waals surface area (Å²) in [6.45, 7) is 8.32. The van der Waals surface area contributed by atoms with Crippen LogP contribution in [0.25, 0.3) is 0 Å². The molecule has 0 saturated carbocycles. The van der Waals surface area contributed by atoms with Gasteiger partial charge in [0.05, 0.1) is 6.10 Å². The Morgan fingerprint density at radius 1 is 1.42 bits per heavy atom. The molecule has 0 N–H and O–H groups in total. The maximum Gasteiger partial charge on any atom is 0.330 e. The Morgan fingerprint density at radius 2 is 2.16 bits per heavy atom. The van der Waals surface area contributed by atoms with E-state index in [1.807, 2.05) is 27.7 Å². The molecule has 0 radical (unpaired) electrons. The highest BCUT2D eigenvalue weighted by atomic mass is 16.7. The molecule has 4 nitrogen and oxygen atoms in total. The molecule has 19 heavy (non-hydrogen) atoms. The fourth-order valence-corrected chi connectivity index (χ4v) is 1.82. The zero-order chi connectivity index (χ0) is 14.3. The molecule has 1 aliphatic heterocycles. The lowest BCUT2D eigenvalue weighted by Gasteiger charge is -2.25. The summed E-state index contributed by atoms with van der Waals surface area (Å²) in [5, 5.41) is 0. The quantitative estimate of drug-likeness (QED) is 0.568. The van der Waals surface area contributed by atoms with Crippen LogP contribution in [-0.2, 0) is 19.0 Å². The summed E-state index contributed by atoms with van der Waals surface area (Å²) in [5.74, 6) is -0.311. The van der Waals surface area contributed by atoms with Crippen molar-refractivity contribution < 1.29 is 19.0 Å². The maximum atomic E-state index is 11.5. The minimum atomic E-state index is -0.445. The summed E-state index contributed by atoms with van der Waals surface area (Å²) in [7, 11) is 0. The molecule has 110 valence electrons. The number of hydrogen-bond acceptors (Lipinski definition) is 4. The van der Waals surface area contributed by atoms with Crippen molar-refractivity contribution in [3.63, 3.8) is 0 Å². The second kappa shape index (κ2) is 7.65. The monoisotopic (exact) mass is 270 g/mol. The largest absolute Gasteiger partial charge is 0.457 e. The Morgan fingerprint density at radius 3 is 2.74 bits per heavy atom. The van der Waals surface area contributed by atoms with Gasteiger partial charge in [0.15, 0.2) is 6.29 Å². The van der Waals surface area contributed by atoms with Crippen LogP contribution in [0.4, 0.5) is 0 Å². The van der Waals surface area contributed by atoms with Gasteiger partial charge in [0.1, 0.15) is 5.60 Å². The first-order valence-electron chi connectivity index (χ1n) is 7.03. The molecule has 0 aromatic carbocycles. The van der Waals surface area contributed by atoms with Crippen molar-refractivity contribution in [2.24, 2.45) is 0 Å². The first kappa shape index (κ1) is 16.2. The van der Waals surface area contributed by atoms with E-state index >= 15 is 0 Å². The molecule has 1 saturated heterocycles. The number of ether oxygens (including phenoxy) is 3. The van der Waals surface area contributed by atoms with Crippen LogP contribution in [0.1, 0.15) is 53.4 Å². The third kappa shape index (κ3) is 8.01. The van der Waals surface area contributed by atoms with Gasteiger partial charge in [-0.15, -0.1) is 0 Å². The predicted molar refractivity (Wildman–Crippen MR) is 73.7 cm³/mol. The first-order chi connectivity index (χ1) is 8.87. The van der Waals surface area contributed by atoms with E-state index < -0.39 is 5.60 Å². The van der Waals surface area contributed by atoms with Gasteiger partial charge in [0.2, 0.25) is 0 Å².